The molecule has 0 saturated carbocycles. The predicted octanol–water partition coefficient (Wildman–Crippen LogP) is 1.12. The van der Waals surface area contributed by atoms with Crippen molar-refractivity contribution in [2.75, 3.05) is 12.3 Å². The zero-order chi connectivity index (χ0) is 26.1. The van der Waals surface area contributed by atoms with E-state index in [2.05, 4.69) is 26.6 Å². The van der Waals surface area contributed by atoms with Crippen LogP contribution < -0.4 is 10.5 Å². The van der Waals surface area contributed by atoms with Crippen molar-refractivity contribution in [2.45, 2.75) is 102 Å². The van der Waals surface area contributed by atoms with Crippen molar-refractivity contribution >= 4 is 27.3 Å². The molecule has 0 spiro atoms. The minimum absolute atomic E-state index is 0.143. The number of ether oxygens (including phenoxy) is 1. The second-order valence-corrected chi connectivity index (χ2v) is 10.5. The summed E-state index contributed by atoms with van der Waals surface area (Å²) in [6.07, 6.45) is 6.44. The topological polar surface area (TPSA) is 195 Å². The van der Waals surface area contributed by atoms with E-state index in [1.165, 1.54) is 49.3 Å². The van der Waals surface area contributed by atoms with Gasteiger partial charge in [0.1, 0.15) is 36.4 Å². The van der Waals surface area contributed by atoms with Crippen LogP contribution >= 0.6 is 0 Å². The maximum atomic E-state index is 12.2. The number of hydrogen-bond acceptors (Lipinski definition) is 11. The molecule has 0 amide bonds. The summed E-state index contributed by atoms with van der Waals surface area (Å²) in [5.74, 6) is 0.143. The number of nitrogens with zero attached hydrogens (tertiary/aromatic N) is 4. The van der Waals surface area contributed by atoms with Crippen LogP contribution in [-0.2, 0) is 19.2 Å². The molecule has 2 aromatic heterocycles. The summed E-state index contributed by atoms with van der Waals surface area (Å²) >= 11 is 0. The van der Waals surface area contributed by atoms with Crippen molar-refractivity contribution in [1.29, 1.82) is 0 Å². The zero-order valence-electron chi connectivity index (χ0n) is 20.6. The van der Waals surface area contributed by atoms with Crippen LogP contribution in [0.3, 0.4) is 0 Å². The summed E-state index contributed by atoms with van der Waals surface area (Å²) in [6, 6.07) is 0. The third kappa shape index (κ3) is 7.78. The highest BCUT2D eigenvalue weighted by Gasteiger charge is 2.45. The third-order valence-corrected chi connectivity index (χ3v) is 7.25. The van der Waals surface area contributed by atoms with Gasteiger partial charge in [0, 0.05) is 0 Å². The molecular weight excluding hydrogens is 492 g/mol. The van der Waals surface area contributed by atoms with Crippen LogP contribution in [0, 0.1) is 0 Å². The Morgan fingerprint density at radius 1 is 1.08 bits per heavy atom. The SMILES string of the molecule is CCCCCCCCCCC[C@@H](O)NS(=O)(=O)OC[C@H]1O[C@@H](n2cnc3c(N)ncnc32)[C@H](O)[C@@H]1O. The third-order valence-electron chi connectivity index (χ3n) is 6.25. The van der Waals surface area contributed by atoms with Crippen molar-refractivity contribution < 1.29 is 32.7 Å². The largest absolute Gasteiger partial charge is 0.387 e. The number of nitrogens with two attached hydrogens (primary N) is 1. The van der Waals surface area contributed by atoms with Crippen molar-refractivity contribution in [3.63, 3.8) is 0 Å². The van der Waals surface area contributed by atoms with Gasteiger partial charge in [-0.15, -0.1) is 0 Å². The summed E-state index contributed by atoms with van der Waals surface area (Å²) in [4.78, 5) is 12.0. The highest BCUT2D eigenvalue weighted by molar-refractivity contribution is 7.84. The fourth-order valence-corrected chi connectivity index (χ4v) is 5.05. The molecule has 13 nitrogen and oxygen atoms in total. The van der Waals surface area contributed by atoms with E-state index in [1.54, 1.807) is 0 Å². The monoisotopic (exact) mass is 530 g/mol. The number of aliphatic hydroxyl groups is 3. The number of nitrogens with one attached hydrogen (secondary N) is 1. The number of hydrogen-bond donors (Lipinski definition) is 5. The molecule has 5 atom stereocenters. The lowest BCUT2D eigenvalue weighted by Crippen LogP contribution is -2.39. The summed E-state index contributed by atoms with van der Waals surface area (Å²) in [5, 5.41) is 30.9. The van der Waals surface area contributed by atoms with Crippen molar-refractivity contribution in [3.8, 4) is 0 Å². The molecule has 1 aliphatic rings. The molecule has 3 rings (SSSR count). The summed E-state index contributed by atoms with van der Waals surface area (Å²) in [7, 11) is -4.31. The standard InChI is InChI=1S/C22H38N6O7S/c1-2-3-4-5-6-7-8-9-10-11-16(29)27-36(32,33)34-12-15-18(30)19(31)22(35-15)28-14-26-17-20(23)24-13-25-21(17)28/h13-16,18-19,22,27,29-31H,2-12H2,1H3,(H2,23,24,25)/t15-,16-,18-,19-,22-/m1/s1. The fraction of sp³-hybridized carbons (Fsp3) is 0.773. The van der Waals surface area contributed by atoms with Crippen LogP contribution in [0.1, 0.15) is 77.4 Å². The molecule has 204 valence electrons. The number of nitrogen functional groups attached to an aromatic ring is 1. The molecule has 3 heterocycles. The number of aliphatic hydroxyl groups excluding tert-OH is 3. The number of aromatic nitrogens is 4. The fourth-order valence-electron chi connectivity index (χ4n) is 4.22. The number of imidazole rings is 1. The van der Waals surface area contributed by atoms with Crippen LogP contribution in [0.15, 0.2) is 12.7 Å². The Labute approximate surface area is 211 Å². The van der Waals surface area contributed by atoms with Gasteiger partial charge in [0.15, 0.2) is 17.7 Å². The first-order valence-corrected chi connectivity index (χ1v) is 13.9. The molecule has 6 N–H and O–H groups in total. The van der Waals surface area contributed by atoms with Crippen LogP contribution in [0.2, 0.25) is 0 Å². The van der Waals surface area contributed by atoms with Gasteiger partial charge in [-0.1, -0.05) is 58.3 Å². The highest BCUT2D eigenvalue weighted by Crippen LogP contribution is 2.32. The molecule has 1 aliphatic heterocycles. The lowest BCUT2D eigenvalue weighted by Gasteiger charge is -2.17. The maximum Gasteiger partial charge on any atom is 0.338 e. The molecule has 0 aromatic carbocycles. The lowest BCUT2D eigenvalue weighted by atomic mass is 10.1. The van der Waals surface area contributed by atoms with E-state index in [4.69, 9.17) is 14.7 Å². The van der Waals surface area contributed by atoms with E-state index in [0.29, 0.717) is 11.9 Å². The van der Waals surface area contributed by atoms with Gasteiger partial charge in [-0.2, -0.15) is 13.1 Å². The first-order chi connectivity index (χ1) is 17.2. The predicted molar refractivity (Wildman–Crippen MR) is 132 cm³/mol. The molecule has 1 saturated heterocycles. The first kappa shape index (κ1) is 28.6. The Morgan fingerprint density at radius 2 is 1.75 bits per heavy atom. The van der Waals surface area contributed by atoms with E-state index in [1.807, 2.05) is 0 Å². The molecule has 14 heteroatoms. The number of anilines is 1. The van der Waals surface area contributed by atoms with Gasteiger partial charge in [-0.25, -0.2) is 15.0 Å². The second-order valence-electron chi connectivity index (χ2n) is 9.12. The summed E-state index contributed by atoms with van der Waals surface area (Å²) in [5.41, 5.74) is 6.36. The van der Waals surface area contributed by atoms with Crippen LogP contribution in [0.5, 0.6) is 0 Å². The van der Waals surface area contributed by atoms with E-state index in [0.717, 1.165) is 19.3 Å². The van der Waals surface area contributed by atoms with Gasteiger partial charge >= 0.3 is 10.3 Å². The van der Waals surface area contributed by atoms with E-state index >= 15 is 0 Å². The Hall–Kier alpha value is -1.94. The molecule has 2 aromatic rings. The molecule has 0 unspecified atom stereocenters. The highest BCUT2D eigenvalue weighted by atomic mass is 32.2. The average Bonchev–Trinajstić information content (AvgIpc) is 3.38. The molecule has 1 fully saturated rings. The van der Waals surface area contributed by atoms with Gasteiger partial charge in [0.2, 0.25) is 0 Å². The van der Waals surface area contributed by atoms with E-state index in [9.17, 15) is 23.7 Å². The van der Waals surface area contributed by atoms with Gasteiger partial charge in [-0.3, -0.25) is 8.75 Å². The van der Waals surface area contributed by atoms with E-state index in [-0.39, 0.29) is 17.9 Å². The minimum Gasteiger partial charge on any atom is -0.387 e. The Bertz CT molecular complexity index is 1050. The van der Waals surface area contributed by atoms with E-state index < -0.39 is 47.7 Å². The molecular formula is C22H38N6O7S. The number of fused-ring (bicyclic) bond motifs is 1. The molecule has 36 heavy (non-hydrogen) atoms. The van der Waals surface area contributed by atoms with Crippen LogP contribution in [0.4, 0.5) is 5.82 Å². The molecule has 0 aliphatic carbocycles. The molecule has 0 bridgehead atoms. The average molecular weight is 531 g/mol. The Morgan fingerprint density at radius 3 is 2.44 bits per heavy atom. The summed E-state index contributed by atoms with van der Waals surface area (Å²) in [6.45, 7) is 1.62. The van der Waals surface area contributed by atoms with Gasteiger partial charge in [0.25, 0.3) is 0 Å². The molecule has 0 radical (unpaired) electrons. The normalized spacial score (nSPS) is 23.4. The van der Waals surface area contributed by atoms with Gasteiger partial charge in [0.05, 0.1) is 12.9 Å². The van der Waals surface area contributed by atoms with Gasteiger partial charge in [-0.05, 0) is 12.8 Å². The Balaban J connectivity index is 1.41. The lowest BCUT2D eigenvalue weighted by molar-refractivity contribution is -0.0471. The second kappa shape index (κ2) is 13.6. The van der Waals surface area contributed by atoms with Crippen LogP contribution in [-0.4, -0.2) is 74.4 Å². The maximum absolute atomic E-state index is 12.2. The van der Waals surface area contributed by atoms with Gasteiger partial charge < -0.3 is 25.8 Å². The minimum atomic E-state index is -4.31. The zero-order valence-corrected chi connectivity index (χ0v) is 21.4. The summed E-state index contributed by atoms with van der Waals surface area (Å²) < 4.78 is 38.5. The van der Waals surface area contributed by atoms with Crippen molar-refractivity contribution in [1.82, 2.24) is 24.2 Å². The Kier molecular flexibility index (Phi) is 10.8. The number of rotatable bonds is 16. The smallest absolute Gasteiger partial charge is 0.338 e. The van der Waals surface area contributed by atoms with Crippen molar-refractivity contribution in [3.05, 3.63) is 12.7 Å². The number of unbranched alkanes of at least 4 members (excludes halogenated alkanes) is 8. The first-order valence-electron chi connectivity index (χ1n) is 12.5. The van der Waals surface area contributed by atoms with Crippen LogP contribution in [0.25, 0.3) is 11.2 Å². The van der Waals surface area contributed by atoms with Crippen molar-refractivity contribution in [2.24, 2.45) is 0 Å². The quantitative estimate of drug-likeness (QED) is 0.154.